The van der Waals surface area contributed by atoms with Crippen molar-refractivity contribution in [2.45, 2.75) is 45.1 Å². The third kappa shape index (κ3) is 2.44. The van der Waals surface area contributed by atoms with Gasteiger partial charge in [-0.1, -0.05) is 36.7 Å². The predicted octanol–water partition coefficient (Wildman–Crippen LogP) is 4.35. The summed E-state index contributed by atoms with van der Waals surface area (Å²) in [5.41, 5.74) is 2.43. The van der Waals surface area contributed by atoms with Gasteiger partial charge < -0.3 is 5.32 Å². The molecular formula is C14H18N2S. The number of anilines is 1. The first kappa shape index (κ1) is 11.0. The number of nitrogens with zero attached hydrogens (tertiary/aromatic N) is 1. The Morgan fingerprint density at radius 2 is 2.06 bits per heavy atom. The number of hydrogen-bond donors (Lipinski definition) is 1. The summed E-state index contributed by atoms with van der Waals surface area (Å²) in [6.07, 6.45) is 6.73. The molecule has 0 saturated heterocycles. The molecule has 1 aliphatic rings. The van der Waals surface area contributed by atoms with Gasteiger partial charge in [0, 0.05) is 6.04 Å². The normalized spacial score (nSPS) is 17.5. The number of rotatable bonds is 2. The van der Waals surface area contributed by atoms with Crippen molar-refractivity contribution in [1.82, 2.24) is 4.98 Å². The molecule has 17 heavy (non-hydrogen) atoms. The first-order valence-corrected chi connectivity index (χ1v) is 7.27. The van der Waals surface area contributed by atoms with Crippen LogP contribution in [0.15, 0.2) is 18.2 Å². The molecule has 0 spiro atoms. The van der Waals surface area contributed by atoms with Crippen molar-refractivity contribution >= 4 is 26.7 Å². The Bertz CT molecular complexity index is 512. The van der Waals surface area contributed by atoms with Crippen molar-refractivity contribution in [3.05, 3.63) is 23.8 Å². The minimum Gasteiger partial charge on any atom is -0.359 e. The molecule has 1 saturated carbocycles. The van der Waals surface area contributed by atoms with Gasteiger partial charge in [0.05, 0.1) is 10.2 Å². The molecule has 1 heterocycles. The number of aromatic nitrogens is 1. The number of nitrogens with one attached hydrogen (secondary N) is 1. The van der Waals surface area contributed by atoms with Crippen LogP contribution < -0.4 is 5.32 Å². The number of fused-ring (bicyclic) bond motifs is 1. The molecule has 1 aromatic heterocycles. The fourth-order valence-electron chi connectivity index (χ4n) is 2.52. The lowest BCUT2D eigenvalue weighted by Gasteiger charge is -2.22. The Morgan fingerprint density at radius 3 is 2.88 bits per heavy atom. The standard InChI is InChI=1S/C14H18N2S/c1-10-7-8-12-13(9-10)17-14(16-12)15-11-5-3-2-4-6-11/h7-9,11H,2-6H2,1H3,(H,15,16). The second kappa shape index (κ2) is 4.65. The highest BCUT2D eigenvalue weighted by Gasteiger charge is 2.14. The summed E-state index contributed by atoms with van der Waals surface area (Å²) in [5.74, 6) is 0. The maximum Gasteiger partial charge on any atom is 0.184 e. The zero-order valence-electron chi connectivity index (χ0n) is 10.2. The Morgan fingerprint density at radius 1 is 1.24 bits per heavy atom. The molecule has 0 amide bonds. The van der Waals surface area contributed by atoms with E-state index in [1.807, 2.05) is 0 Å². The lowest BCUT2D eigenvalue weighted by atomic mass is 9.96. The van der Waals surface area contributed by atoms with Crippen LogP contribution in [-0.4, -0.2) is 11.0 Å². The summed E-state index contributed by atoms with van der Waals surface area (Å²) in [6.45, 7) is 2.13. The molecule has 1 aliphatic carbocycles. The summed E-state index contributed by atoms with van der Waals surface area (Å²) in [7, 11) is 0. The van der Waals surface area contributed by atoms with E-state index in [0.29, 0.717) is 6.04 Å². The van der Waals surface area contributed by atoms with Gasteiger partial charge in [-0.05, 0) is 37.5 Å². The highest BCUT2D eigenvalue weighted by molar-refractivity contribution is 7.22. The first-order chi connectivity index (χ1) is 8.31. The zero-order valence-corrected chi connectivity index (χ0v) is 11.0. The largest absolute Gasteiger partial charge is 0.359 e. The number of thiazole rings is 1. The van der Waals surface area contributed by atoms with Gasteiger partial charge in [-0.3, -0.25) is 0 Å². The lowest BCUT2D eigenvalue weighted by Crippen LogP contribution is -2.21. The van der Waals surface area contributed by atoms with E-state index in [-0.39, 0.29) is 0 Å². The van der Waals surface area contributed by atoms with Crippen LogP contribution in [0.2, 0.25) is 0 Å². The minimum absolute atomic E-state index is 0.644. The van der Waals surface area contributed by atoms with Gasteiger partial charge in [0.1, 0.15) is 0 Å². The van der Waals surface area contributed by atoms with Crippen LogP contribution >= 0.6 is 11.3 Å². The predicted molar refractivity (Wildman–Crippen MR) is 74.9 cm³/mol. The fourth-order valence-corrected chi connectivity index (χ4v) is 3.56. The molecule has 0 aliphatic heterocycles. The molecule has 0 bridgehead atoms. The van der Waals surface area contributed by atoms with E-state index in [9.17, 15) is 0 Å². The van der Waals surface area contributed by atoms with Gasteiger partial charge in [0.2, 0.25) is 0 Å². The van der Waals surface area contributed by atoms with Crippen LogP contribution in [0, 0.1) is 6.92 Å². The third-order valence-corrected chi connectivity index (χ3v) is 4.43. The van der Waals surface area contributed by atoms with E-state index in [1.54, 1.807) is 11.3 Å². The summed E-state index contributed by atoms with van der Waals surface area (Å²) in [5, 5.41) is 4.69. The molecular weight excluding hydrogens is 228 g/mol. The van der Waals surface area contributed by atoms with E-state index >= 15 is 0 Å². The molecule has 3 heteroatoms. The molecule has 0 radical (unpaired) electrons. The van der Waals surface area contributed by atoms with E-state index < -0.39 is 0 Å². The van der Waals surface area contributed by atoms with Crippen molar-refractivity contribution in [3.8, 4) is 0 Å². The Balaban J connectivity index is 1.80. The van der Waals surface area contributed by atoms with Crippen molar-refractivity contribution in [1.29, 1.82) is 0 Å². The molecule has 2 aromatic rings. The van der Waals surface area contributed by atoms with Crippen molar-refractivity contribution < 1.29 is 0 Å². The van der Waals surface area contributed by atoms with Crippen LogP contribution in [0.25, 0.3) is 10.2 Å². The van der Waals surface area contributed by atoms with E-state index in [0.717, 1.165) is 10.6 Å². The molecule has 2 nitrogen and oxygen atoms in total. The van der Waals surface area contributed by atoms with Gasteiger partial charge in [0.25, 0.3) is 0 Å². The van der Waals surface area contributed by atoms with Crippen LogP contribution in [0.3, 0.4) is 0 Å². The maximum absolute atomic E-state index is 4.66. The van der Waals surface area contributed by atoms with E-state index in [1.165, 1.54) is 42.4 Å². The van der Waals surface area contributed by atoms with Crippen LogP contribution in [0.4, 0.5) is 5.13 Å². The van der Waals surface area contributed by atoms with Gasteiger partial charge >= 0.3 is 0 Å². The van der Waals surface area contributed by atoms with E-state index in [4.69, 9.17) is 0 Å². The summed E-state index contributed by atoms with van der Waals surface area (Å²) in [6, 6.07) is 7.11. The second-order valence-electron chi connectivity index (χ2n) is 4.97. The third-order valence-electron chi connectivity index (χ3n) is 3.48. The molecule has 3 rings (SSSR count). The summed E-state index contributed by atoms with van der Waals surface area (Å²) < 4.78 is 1.29. The number of benzene rings is 1. The van der Waals surface area contributed by atoms with Crippen LogP contribution in [0.1, 0.15) is 37.7 Å². The van der Waals surface area contributed by atoms with Gasteiger partial charge in [-0.15, -0.1) is 0 Å². The monoisotopic (exact) mass is 246 g/mol. The highest BCUT2D eigenvalue weighted by Crippen LogP contribution is 2.29. The zero-order chi connectivity index (χ0) is 11.7. The molecule has 1 fully saturated rings. The summed E-state index contributed by atoms with van der Waals surface area (Å²) in [4.78, 5) is 4.66. The molecule has 1 N–H and O–H groups in total. The van der Waals surface area contributed by atoms with Gasteiger partial charge in [0.15, 0.2) is 5.13 Å². The van der Waals surface area contributed by atoms with Crippen molar-refractivity contribution in [3.63, 3.8) is 0 Å². The molecule has 90 valence electrons. The second-order valence-corrected chi connectivity index (χ2v) is 6.00. The topological polar surface area (TPSA) is 24.9 Å². The number of hydrogen-bond acceptors (Lipinski definition) is 3. The quantitative estimate of drug-likeness (QED) is 0.852. The minimum atomic E-state index is 0.644. The van der Waals surface area contributed by atoms with E-state index in [2.05, 4.69) is 35.4 Å². The lowest BCUT2D eigenvalue weighted by molar-refractivity contribution is 0.462. The highest BCUT2D eigenvalue weighted by atomic mass is 32.1. The Labute approximate surface area is 106 Å². The van der Waals surface area contributed by atoms with Crippen molar-refractivity contribution in [2.75, 3.05) is 5.32 Å². The van der Waals surface area contributed by atoms with Crippen molar-refractivity contribution in [2.24, 2.45) is 0 Å². The average molecular weight is 246 g/mol. The smallest absolute Gasteiger partial charge is 0.184 e. The maximum atomic E-state index is 4.66. The fraction of sp³-hybridized carbons (Fsp3) is 0.500. The molecule has 1 aromatic carbocycles. The molecule has 0 atom stereocenters. The first-order valence-electron chi connectivity index (χ1n) is 6.45. The number of aryl methyl sites for hydroxylation is 1. The van der Waals surface area contributed by atoms with Gasteiger partial charge in [-0.25, -0.2) is 4.98 Å². The van der Waals surface area contributed by atoms with Crippen LogP contribution in [-0.2, 0) is 0 Å². The Hall–Kier alpha value is -1.09. The Kier molecular flexibility index (Phi) is 3.02. The van der Waals surface area contributed by atoms with Gasteiger partial charge in [-0.2, -0.15) is 0 Å². The average Bonchev–Trinajstić information content (AvgIpc) is 2.71. The molecule has 0 unspecified atom stereocenters. The SMILES string of the molecule is Cc1ccc2nc(NC3CCCCC3)sc2c1. The summed E-state index contributed by atoms with van der Waals surface area (Å²) >= 11 is 1.78. The van der Waals surface area contributed by atoms with Crippen LogP contribution in [0.5, 0.6) is 0 Å².